The zero-order valence-electron chi connectivity index (χ0n) is 10.6. The summed E-state index contributed by atoms with van der Waals surface area (Å²) in [5, 5.41) is 6.56. The predicted octanol–water partition coefficient (Wildman–Crippen LogP) is 0.721. The molecular weight excluding hydrogens is 258 g/mol. The van der Waals surface area contributed by atoms with E-state index in [1.165, 1.54) is 0 Å². The molecule has 7 nitrogen and oxygen atoms in total. The van der Waals surface area contributed by atoms with Crippen LogP contribution in [0.3, 0.4) is 0 Å². The number of carbonyl (C=O) groups excluding carboxylic acids is 1. The van der Waals surface area contributed by atoms with E-state index in [-0.39, 0.29) is 18.8 Å². The minimum Gasteiger partial charge on any atom is -0.466 e. The SMILES string of the molecule is CCOC(=O)CCS(=O)(=O)Nc1c(C)n[nH]c1C. The standard InChI is InChI=1S/C10H17N3O4S/c1-4-17-9(14)5-6-18(15,16)13-10-7(2)11-12-8(10)3/h13H,4-6H2,1-3H3,(H,11,12). The fraction of sp³-hybridized carbons (Fsp3) is 0.600. The van der Waals surface area contributed by atoms with Crippen molar-refractivity contribution in [3.05, 3.63) is 11.4 Å². The molecule has 0 aromatic carbocycles. The Morgan fingerprint density at radius 2 is 2.11 bits per heavy atom. The van der Waals surface area contributed by atoms with Crippen molar-refractivity contribution < 1.29 is 17.9 Å². The highest BCUT2D eigenvalue weighted by atomic mass is 32.2. The number of ether oxygens (including phenoxy) is 1. The second-order valence-corrected chi connectivity index (χ2v) is 5.63. The molecule has 102 valence electrons. The van der Waals surface area contributed by atoms with Crippen molar-refractivity contribution in [3.8, 4) is 0 Å². The Balaban J connectivity index is 2.63. The Bertz CT molecular complexity index is 502. The van der Waals surface area contributed by atoms with E-state index in [0.29, 0.717) is 17.1 Å². The number of sulfonamides is 1. The molecule has 2 N–H and O–H groups in total. The fourth-order valence-corrected chi connectivity index (χ4v) is 2.51. The van der Waals surface area contributed by atoms with Gasteiger partial charge in [-0.3, -0.25) is 14.6 Å². The minimum atomic E-state index is -3.57. The highest BCUT2D eigenvalue weighted by Gasteiger charge is 2.17. The van der Waals surface area contributed by atoms with Gasteiger partial charge in [0.05, 0.1) is 35.9 Å². The van der Waals surface area contributed by atoms with Crippen LogP contribution in [0.2, 0.25) is 0 Å². The summed E-state index contributed by atoms with van der Waals surface area (Å²) in [4.78, 5) is 11.1. The fourth-order valence-electron chi connectivity index (χ4n) is 1.36. The Hall–Kier alpha value is -1.57. The van der Waals surface area contributed by atoms with Crippen LogP contribution in [-0.2, 0) is 19.6 Å². The third-order valence-corrected chi connectivity index (χ3v) is 3.52. The molecule has 0 saturated heterocycles. The number of nitrogens with zero attached hydrogens (tertiary/aromatic N) is 1. The van der Waals surface area contributed by atoms with Gasteiger partial charge in [-0.25, -0.2) is 8.42 Å². The number of aromatic nitrogens is 2. The second kappa shape index (κ2) is 5.85. The van der Waals surface area contributed by atoms with Crippen LogP contribution in [0.5, 0.6) is 0 Å². The number of hydrogen-bond acceptors (Lipinski definition) is 5. The highest BCUT2D eigenvalue weighted by molar-refractivity contribution is 7.92. The number of anilines is 1. The summed E-state index contributed by atoms with van der Waals surface area (Å²) in [5.74, 6) is -0.834. The van der Waals surface area contributed by atoms with Gasteiger partial charge in [0.1, 0.15) is 0 Å². The van der Waals surface area contributed by atoms with Gasteiger partial charge in [-0.15, -0.1) is 0 Å². The van der Waals surface area contributed by atoms with Gasteiger partial charge in [-0.1, -0.05) is 0 Å². The van der Waals surface area contributed by atoms with E-state index in [1.54, 1.807) is 20.8 Å². The summed E-state index contributed by atoms with van der Waals surface area (Å²) >= 11 is 0. The summed E-state index contributed by atoms with van der Waals surface area (Å²) in [6.07, 6.45) is -0.168. The number of aromatic amines is 1. The van der Waals surface area contributed by atoms with Crippen LogP contribution in [0.25, 0.3) is 0 Å². The van der Waals surface area contributed by atoms with Crippen LogP contribution in [-0.4, -0.2) is 36.9 Å². The van der Waals surface area contributed by atoms with E-state index in [1.807, 2.05) is 0 Å². The lowest BCUT2D eigenvalue weighted by atomic mass is 10.3. The molecule has 18 heavy (non-hydrogen) atoms. The predicted molar refractivity (Wildman–Crippen MR) is 66.7 cm³/mol. The second-order valence-electron chi connectivity index (χ2n) is 3.78. The molecule has 0 radical (unpaired) electrons. The van der Waals surface area contributed by atoms with Crippen LogP contribution in [0.1, 0.15) is 24.7 Å². The summed E-state index contributed by atoms with van der Waals surface area (Å²) in [6, 6.07) is 0. The quantitative estimate of drug-likeness (QED) is 0.745. The van der Waals surface area contributed by atoms with Crippen LogP contribution in [0, 0.1) is 13.8 Å². The Morgan fingerprint density at radius 3 is 2.61 bits per heavy atom. The smallest absolute Gasteiger partial charge is 0.306 e. The zero-order valence-corrected chi connectivity index (χ0v) is 11.4. The first-order chi connectivity index (χ1) is 8.35. The number of esters is 1. The molecule has 1 rings (SSSR count). The van der Waals surface area contributed by atoms with Crippen molar-refractivity contribution in [2.75, 3.05) is 17.1 Å². The first-order valence-electron chi connectivity index (χ1n) is 5.53. The topological polar surface area (TPSA) is 101 Å². The maximum Gasteiger partial charge on any atom is 0.306 e. The van der Waals surface area contributed by atoms with Crippen molar-refractivity contribution in [3.63, 3.8) is 0 Å². The van der Waals surface area contributed by atoms with Gasteiger partial charge in [0, 0.05) is 0 Å². The molecule has 0 aliphatic rings. The van der Waals surface area contributed by atoms with Gasteiger partial charge in [0.15, 0.2) is 0 Å². The summed E-state index contributed by atoms with van der Waals surface area (Å²) in [5.41, 5.74) is 1.62. The van der Waals surface area contributed by atoms with E-state index in [4.69, 9.17) is 0 Å². The Kier molecular flexibility index (Phi) is 4.71. The number of carbonyl (C=O) groups is 1. The molecule has 0 aliphatic carbocycles. The third kappa shape index (κ3) is 4.02. The van der Waals surface area contributed by atoms with Crippen molar-refractivity contribution in [1.29, 1.82) is 0 Å². The van der Waals surface area contributed by atoms with Gasteiger partial charge < -0.3 is 4.74 Å². The number of hydrogen-bond donors (Lipinski definition) is 2. The van der Waals surface area contributed by atoms with Gasteiger partial charge in [-0.2, -0.15) is 5.10 Å². The lowest BCUT2D eigenvalue weighted by Gasteiger charge is -2.07. The molecule has 1 aromatic heterocycles. The van der Waals surface area contributed by atoms with Crippen LogP contribution in [0.4, 0.5) is 5.69 Å². The molecular formula is C10H17N3O4S. The number of nitrogens with one attached hydrogen (secondary N) is 2. The lowest BCUT2D eigenvalue weighted by Crippen LogP contribution is -2.20. The molecule has 0 saturated carbocycles. The monoisotopic (exact) mass is 275 g/mol. The normalized spacial score (nSPS) is 11.3. The molecule has 0 amide bonds. The van der Waals surface area contributed by atoms with Crippen LogP contribution < -0.4 is 4.72 Å². The van der Waals surface area contributed by atoms with Crippen molar-refractivity contribution in [1.82, 2.24) is 10.2 Å². The molecule has 1 heterocycles. The van der Waals surface area contributed by atoms with Gasteiger partial charge >= 0.3 is 5.97 Å². The number of H-pyrrole nitrogens is 1. The average Bonchev–Trinajstić information content (AvgIpc) is 2.58. The molecule has 0 aliphatic heterocycles. The van der Waals surface area contributed by atoms with Gasteiger partial charge in [0.2, 0.25) is 10.0 Å². The molecule has 1 aromatic rings. The number of aryl methyl sites for hydroxylation is 2. The molecule has 0 bridgehead atoms. The number of rotatable bonds is 6. The summed E-state index contributed by atoms with van der Waals surface area (Å²) in [7, 11) is -3.57. The van der Waals surface area contributed by atoms with Crippen LogP contribution in [0.15, 0.2) is 0 Å². The van der Waals surface area contributed by atoms with E-state index in [2.05, 4.69) is 19.7 Å². The molecule has 0 unspecified atom stereocenters. The van der Waals surface area contributed by atoms with Crippen molar-refractivity contribution in [2.45, 2.75) is 27.2 Å². The summed E-state index contributed by atoms with van der Waals surface area (Å²) in [6.45, 7) is 5.31. The Labute approximate surface area is 106 Å². The van der Waals surface area contributed by atoms with Crippen molar-refractivity contribution in [2.24, 2.45) is 0 Å². The van der Waals surface area contributed by atoms with E-state index in [9.17, 15) is 13.2 Å². The highest BCUT2D eigenvalue weighted by Crippen LogP contribution is 2.17. The van der Waals surface area contributed by atoms with Gasteiger partial charge in [-0.05, 0) is 20.8 Å². The molecule has 8 heteroatoms. The first kappa shape index (κ1) is 14.5. The minimum absolute atomic E-state index is 0.168. The van der Waals surface area contributed by atoms with Crippen LogP contribution >= 0.6 is 0 Å². The summed E-state index contributed by atoms with van der Waals surface area (Å²) < 4.78 is 30.6. The van der Waals surface area contributed by atoms with E-state index < -0.39 is 16.0 Å². The maximum absolute atomic E-state index is 11.8. The van der Waals surface area contributed by atoms with Gasteiger partial charge in [0.25, 0.3) is 0 Å². The van der Waals surface area contributed by atoms with Crippen molar-refractivity contribution >= 4 is 21.7 Å². The lowest BCUT2D eigenvalue weighted by molar-refractivity contribution is -0.142. The first-order valence-corrected chi connectivity index (χ1v) is 7.18. The third-order valence-electron chi connectivity index (χ3n) is 2.27. The van der Waals surface area contributed by atoms with E-state index >= 15 is 0 Å². The maximum atomic E-state index is 11.8. The molecule has 0 fully saturated rings. The van der Waals surface area contributed by atoms with E-state index in [0.717, 1.165) is 0 Å². The molecule has 0 spiro atoms. The largest absolute Gasteiger partial charge is 0.466 e. The molecule has 0 atom stereocenters. The Morgan fingerprint density at radius 1 is 1.44 bits per heavy atom. The zero-order chi connectivity index (χ0) is 13.8. The average molecular weight is 275 g/mol.